The lowest BCUT2D eigenvalue weighted by molar-refractivity contribution is -0.134. The van der Waals surface area contributed by atoms with Gasteiger partial charge < -0.3 is 10.6 Å². The summed E-state index contributed by atoms with van der Waals surface area (Å²) in [6, 6.07) is 7.91. The molecule has 0 spiro atoms. The van der Waals surface area contributed by atoms with Crippen LogP contribution in [0.5, 0.6) is 0 Å². The zero-order chi connectivity index (χ0) is 15.5. The predicted octanol–water partition coefficient (Wildman–Crippen LogP) is 3.41. The molecule has 0 bridgehead atoms. The standard InChI is InChI=1S/C16H23ClN2OS/c1-16(2)11-19(9-7-14(16)18)15(20)8-10-21-13-5-3-12(17)4-6-13/h3-6,14H,7-11,18H2,1-2H3. The van der Waals surface area contributed by atoms with E-state index in [-0.39, 0.29) is 17.4 Å². The number of likely N-dealkylation sites (tertiary alicyclic amines) is 1. The number of nitrogens with two attached hydrogens (primary N) is 1. The summed E-state index contributed by atoms with van der Waals surface area (Å²) >= 11 is 7.55. The Labute approximate surface area is 136 Å². The van der Waals surface area contributed by atoms with Crippen molar-refractivity contribution < 1.29 is 4.79 Å². The average Bonchev–Trinajstić information content (AvgIpc) is 2.44. The number of thioether (sulfide) groups is 1. The van der Waals surface area contributed by atoms with Crippen LogP contribution in [0.4, 0.5) is 0 Å². The van der Waals surface area contributed by atoms with Gasteiger partial charge >= 0.3 is 0 Å². The number of benzene rings is 1. The van der Waals surface area contributed by atoms with Gasteiger partial charge in [-0.25, -0.2) is 0 Å². The molecule has 1 aliphatic rings. The summed E-state index contributed by atoms with van der Waals surface area (Å²) in [5.41, 5.74) is 6.12. The summed E-state index contributed by atoms with van der Waals surface area (Å²) in [6.45, 7) is 5.83. The number of carbonyl (C=O) groups is 1. The van der Waals surface area contributed by atoms with Crippen LogP contribution < -0.4 is 5.73 Å². The first kappa shape index (κ1) is 16.7. The normalized spacial score (nSPS) is 21.3. The molecule has 1 heterocycles. The molecule has 1 saturated heterocycles. The fraction of sp³-hybridized carbons (Fsp3) is 0.562. The van der Waals surface area contributed by atoms with Gasteiger partial charge in [-0.3, -0.25) is 4.79 Å². The molecule has 5 heteroatoms. The number of hydrogen-bond donors (Lipinski definition) is 1. The van der Waals surface area contributed by atoms with E-state index in [1.807, 2.05) is 29.2 Å². The SMILES string of the molecule is CC1(C)CN(C(=O)CCSc2ccc(Cl)cc2)CCC1N. The van der Waals surface area contributed by atoms with E-state index in [0.717, 1.165) is 35.2 Å². The van der Waals surface area contributed by atoms with Gasteiger partial charge in [-0.15, -0.1) is 11.8 Å². The molecule has 0 aliphatic carbocycles. The highest BCUT2D eigenvalue weighted by atomic mass is 35.5. The predicted molar refractivity (Wildman–Crippen MR) is 89.7 cm³/mol. The van der Waals surface area contributed by atoms with E-state index in [1.54, 1.807) is 11.8 Å². The number of rotatable bonds is 4. The minimum Gasteiger partial charge on any atom is -0.342 e. The fourth-order valence-electron chi connectivity index (χ4n) is 2.53. The van der Waals surface area contributed by atoms with Gasteiger partial charge in [0.2, 0.25) is 5.91 Å². The molecular weight excluding hydrogens is 304 g/mol. The first-order chi connectivity index (χ1) is 9.88. The first-order valence-corrected chi connectivity index (χ1v) is 8.66. The topological polar surface area (TPSA) is 46.3 Å². The molecule has 1 fully saturated rings. The van der Waals surface area contributed by atoms with E-state index in [4.69, 9.17) is 17.3 Å². The van der Waals surface area contributed by atoms with Crippen molar-refractivity contribution in [2.75, 3.05) is 18.8 Å². The summed E-state index contributed by atoms with van der Waals surface area (Å²) in [6.07, 6.45) is 1.46. The molecule has 21 heavy (non-hydrogen) atoms. The first-order valence-electron chi connectivity index (χ1n) is 7.30. The molecule has 1 aromatic carbocycles. The summed E-state index contributed by atoms with van der Waals surface area (Å²) < 4.78 is 0. The van der Waals surface area contributed by atoms with Crippen LogP contribution in [-0.2, 0) is 4.79 Å². The molecule has 116 valence electrons. The maximum Gasteiger partial charge on any atom is 0.223 e. The molecule has 1 aliphatic heterocycles. The van der Waals surface area contributed by atoms with Crippen molar-refractivity contribution in [3.8, 4) is 0 Å². The summed E-state index contributed by atoms with van der Waals surface area (Å²) in [5.74, 6) is 1.03. The van der Waals surface area contributed by atoms with Crippen LogP contribution >= 0.6 is 23.4 Å². The van der Waals surface area contributed by atoms with Gasteiger partial charge in [0.15, 0.2) is 0 Å². The smallest absolute Gasteiger partial charge is 0.223 e. The third-order valence-corrected chi connectivity index (χ3v) is 5.33. The molecule has 1 unspecified atom stereocenters. The van der Waals surface area contributed by atoms with E-state index in [2.05, 4.69) is 13.8 Å². The molecule has 3 nitrogen and oxygen atoms in total. The third-order valence-electron chi connectivity index (χ3n) is 4.06. The van der Waals surface area contributed by atoms with E-state index < -0.39 is 0 Å². The maximum atomic E-state index is 12.3. The third kappa shape index (κ3) is 4.63. The molecule has 1 atom stereocenters. The van der Waals surface area contributed by atoms with Crippen LogP contribution in [0, 0.1) is 5.41 Å². The van der Waals surface area contributed by atoms with E-state index in [1.165, 1.54) is 0 Å². The molecule has 1 aromatic rings. The van der Waals surface area contributed by atoms with Crippen LogP contribution in [-0.4, -0.2) is 35.7 Å². The van der Waals surface area contributed by atoms with Crippen molar-refractivity contribution in [3.63, 3.8) is 0 Å². The van der Waals surface area contributed by atoms with Gasteiger partial charge in [-0.2, -0.15) is 0 Å². The Bertz CT molecular complexity index is 490. The average molecular weight is 327 g/mol. The number of piperidine rings is 1. The minimum absolute atomic E-state index is 0.0111. The Hall–Kier alpha value is -0.710. The molecule has 1 amide bonds. The van der Waals surface area contributed by atoms with E-state index in [0.29, 0.717) is 6.42 Å². The molecule has 2 rings (SSSR count). The monoisotopic (exact) mass is 326 g/mol. The van der Waals surface area contributed by atoms with Crippen molar-refractivity contribution in [1.29, 1.82) is 0 Å². The molecule has 2 N–H and O–H groups in total. The highest BCUT2D eigenvalue weighted by molar-refractivity contribution is 7.99. The lowest BCUT2D eigenvalue weighted by Gasteiger charge is -2.42. The van der Waals surface area contributed by atoms with Crippen molar-refractivity contribution in [1.82, 2.24) is 4.90 Å². The Kier molecular flexibility index (Phi) is 5.58. The maximum absolute atomic E-state index is 12.3. The van der Waals surface area contributed by atoms with Crippen molar-refractivity contribution in [3.05, 3.63) is 29.3 Å². The number of nitrogens with zero attached hydrogens (tertiary/aromatic N) is 1. The zero-order valence-corrected chi connectivity index (χ0v) is 14.2. The molecule has 0 aromatic heterocycles. The lowest BCUT2D eigenvalue weighted by atomic mass is 9.79. The fourth-order valence-corrected chi connectivity index (χ4v) is 3.50. The Morgan fingerprint density at radius 1 is 1.43 bits per heavy atom. The van der Waals surface area contributed by atoms with Crippen molar-refractivity contribution >= 4 is 29.3 Å². The number of amides is 1. The quantitative estimate of drug-likeness (QED) is 0.862. The molecule has 0 radical (unpaired) electrons. The van der Waals surface area contributed by atoms with Gasteiger partial charge in [-0.1, -0.05) is 25.4 Å². The number of halogens is 1. The Balaban J connectivity index is 1.78. The van der Waals surface area contributed by atoms with Crippen LogP contribution in [0.3, 0.4) is 0 Å². The lowest BCUT2D eigenvalue weighted by Crippen LogP contribution is -2.54. The van der Waals surface area contributed by atoms with Gasteiger partial charge in [0.05, 0.1) is 0 Å². The second-order valence-corrected chi connectivity index (χ2v) is 7.86. The largest absolute Gasteiger partial charge is 0.342 e. The van der Waals surface area contributed by atoms with Crippen molar-refractivity contribution in [2.24, 2.45) is 11.1 Å². The second-order valence-electron chi connectivity index (χ2n) is 6.25. The zero-order valence-electron chi connectivity index (χ0n) is 12.6. The molecule has 0 saturated carbocycles. The van der Waals surface area contributed by atoms with Crippen LogP contribution in [0.15, 0.2) is 29.2 Å². The summed E-state index contributed by atoms with van der Waals surface area (Å²) in [5, 5.41) is 0.738. The number of carbonyl (C=O) groups excluding carboxylic acids is 1. The van der Waals surface area contributed by atoms with E-state index in [9.17, 15) is 4.79 Å². The van der Waals surface area contributed by atoms with Crippen LogP contribution in [0.2, 0.25) is 5.02 Å². The van der Waals surface area contributed by atoms with Crippen LogP contribution in [0.25, 0.3) is 0 Å². The van der Waals surface area contributed by atoms with Gasteiger partial charge in [0.1, 0.15) is 0 Å². The van der Waals surface area contributed by atoms with Gasteiger partial charge in [-0.05, 0) is 36.1 Å². The second kappa shape index (κ2) is 7.03. The minimum atomic E-state index is 0.0111. The van der Waals surface area contributed by atoms with Crippen molar-refractivity contribution in [2.45, 2.75) is 37.6 Å². The summed E-state index contributed by atoms with van der Waals surface area (Å²) in [4.78, 5) is 15.4. The van der Waals surface area contributed by atoms with Gasteiger partial charge in [0, 0.05) is 41.2 Å². The Morgan fingerprint density at radius 2 is 2.10 bits per heavy atom. The van der Waals surface area contributed by atoms with Crippen LogP contribution in [0.1, 0.15) is 26.7 Å². The summed E-state index contributed by atoms with van der Waals surface area (Å²) in [7, 11) is 0. The van der Waals surface area contributed by atoms with Gasteiger partial charge in [0.25, 0.3) is 0 Å². The van der Waals surface area contributed by atoms with E-state index >= 15 is 0 Å². The Morgan fingerprint density at radius 3 is 2.71 bits per heavy atom. The molecular formula is C16H23ClN2OS. The highest BCUT2D eigenvalue weighted by Gasteiger charge is 2.34. The highest BCUT2D eigenvalue weighted by Crippen LogP contribution is 2.28. The number of hydrogen-bond acceptors (Lipinski definition) is 3.